The predicted molar refractivity (Wildman–Crippen MR) is 79.3 cm³/mol. The molecular weight excluding hydrogens is 250 g/mol. The van der Waals surface area contributed by atoms with Gasteiger partial charge < -0.3 is 10.6 Å². The maximum atomic E-state index is 5.79. The zero-order valence-electron chi connectivity index (χ0n) is 11.4. The Morgan fingerprint density at radius 2 is 2.25 bits per heavy atom. The van der Waals surface area contributed by atoms with E-state index in [4.69, 9.17) is 5.73 Å². The van der Waals surface area contributed by atoms with Crippen molar-refractivity contribution in [1.29, 1.82) is 0 Å². The molecular formula is C15H19N5. The minimum Gasteiger partial charge on any atom is -0.340 e. The molecule has 3 rings (SSSR count). The molecule has 104 valence electrons. The normalized spacial score (nSPS) is 19.1. The van der Waals surface area contributed by atoms with Crippen LogP contribution in [0, 0.1) is 5.92 Å². The number of nitrogens with zero attached hydrogens (tertiary/aromatic N) is 4. The largest absolute Gasteiger partial charge is 0.340 e. The van der Waals surface area contributed by atoms with E-state index in [-0.39, 0.29) is 0 Å². The second-order valence-electron chi connectivity index (χ2n) is 5.17. The maximum Gasteiger partial charge on any atom is 0.225 e. The van der Waals surface area contributed by atoms with Crippen LogP contribution in [0.2, 0.25) is 0 Å². The van der Waals surface area contributed by atoms with Crippen molar-refractivity contribution in [1.82, 2.24) is 15.0 Å². The molecule has 1 unspecified atom stereocenters. The SMILES string of the molecule is NCC1CCCN(c2nccc(-c3cccnc3)n2)C1. The van der Waals surface area contributed by atoms with Gasteiger partial charge in [-0.05, 0) is 43.5 Å². The zero-order valence-corrected chi connectivity index (χ0v) is 11.4. The van der Waals surface area contributed by atoms with E-state index in [1.807, 2.05) is 30.6 Å². The number of nitrogens with two attached hydrogens (primary N) is 1. The Morgan fingerprint density at radius 1 is 1.30 bits per heavy atom. The van der Waals surface area contributed by atoms with Crippen molar-refractivity contribution in [2.24, 2.45) is 11.7 Å². The van der Waals surface area contributed by atoms with Gasteiger partial charge in [0, 0.05) is 37.2 Å². The van der Waals surface area contributed by atoms with E-state index < -0.39 is 0 Å². The summed E-state index contributed by atoms with van der Waals surface area (Å²) in [6.07, 6.45) is 7.77. The molecule has 1 saturated heterocycles. The first-order chi connectivity index (χ1) is 9.86. The molecule has 2 aromatic heterocycles. The fourth-order valence-electron chi connectivity index (χ4n) is 2.61. The predicted octanol–water partition coefficient (Wildman–Crippen LogP) is 1.71. The van der Waals surface area contributed by atoms with E-state index in [0.29, 0.717) is 5.92 Å². The molecule has 0 aliphatic carbocycles. The topological polar surface area (TPSA) is 67.9 Å². The van der Waals surface area contributed by atoms with Crippen molar-refractivity contribution in [2.75, 3.05) is 24.5 Å². The van der Waals surface area contributed by atoms with Crippen molar-refractivity contribution in [3.05, 3.63) is 36.8 Å². The monoisotopic (exact) mass is 269 g/mol. The molecule has 1 aliphatic rings. The van der Waals surface area contributed by atoms with Gasteiger partial charge in [0.15, 0.2) is 0 Å². The molecule has 5 heteroatoms. The highest BCUT2D eigenvalue weighted by atomic mass is 15.3. The Hall–Kier alpha value is -2.01. The lowest BCUT2D eigenvalue weighted by atomic mass is 9.99. The first-order valence-corrected chi connectivity index (χ1v) is 7.05. The van der Waals surface area contributed by atoms with E-state index in [0.717, 1.165) is 43.3 Å². The van der Waals surface area contributed by atoms with Gasteiger partial charge in [-0.2, -0.15) is 0 Å². The second-order valence-corrected chi connectivity index (χ2v) is 5.17. The summed E-state index contributed by atoms with van der Waals surface area (Å²) in [5.74, 6) is 1.35. The lowest BCUT2D eigenvalue weighted by Crippen LogP contribution is -2.39. The third kappa shape index (κ3) is 2.77. The van der Waals surface area contributed by atoms with Gasteiger partial charge in [0.1, 0.15) is 0 Å². The fraction of sp³-hybridized carbons (Fsp3) is 0.400. The molecule has 20 heavy (non-hydrogen) atoms. The van der Waals surface area contributed by atoms with Crippen LogP contribution in [0.25, 0.3) is 11.3 Å². The van der Waals surface area contributed by atoms with Crippen LogP contribution in [0.5, 0.6) is 0 Å². The molecule has 0 radical (unpaired) electrons. The third-order valence-corrected chi connectivity index (χ3v) is 3.74. The first kappa shape index (κ1) is 13.0. The van der Waals surface area contributed by atoms with Crippen LogP contribution < -0.4 is 10.6 Å². The standard InChI is InChI=1S/C15H19N5/c16-9-12-3-2-8-20(11-12)15-18-7-5-14(19-15)13-4-1-6-17-10-13/h1,4-7,10,12H,2-3,8-9,11,16H2. The fourth-order valence-corrected chi connectivity index (χ4v) is 2.61. The van der Waals surface area contributed by atoms with Gasteiger partial charge in [0.25, 0.3) is 0 Å². The van der Waals surface area contributed by atoms with Gasteiger partial charge in [0.2, 0.25) is 5.95 Å². The van der Waals surface area contributed by atoms with Crippen molar-refractivity contribution >= 4 is 5.95 Å². The van der Waals surface area contributed by atoms with Crippen LogP contribution in [0.4, 0.5) is 5.95 Å². The third-order valence-electron chi connectivity index (χ3n) is 3.74. The lowest BCUT2D eigenvalue weighted by Gasteiger charge is -2.32. The van der Waals surface area contributed by atoms with Crippen molar-refractivity contribution < 1.29 is 0 Å². The minimum absolute atomic E-state index is 0.550. The second kappa shape index (κ2) is 5.96. The Bertz CT molecular complexity index is 557. The zero-order chi connectivity index (χ0) is 13.8. The van der Waals surface area contributed by atoms with Gasteiger partial charge in [-0.15, -0.1) is 0 Å². The molecule has 2 aromatic rings. The molecule has 0 saturated carbocycles. The average Bonchev–Trinajstić information content (AvgIpc) is 2.56. The molecule has 1 fully saturated rings. The van der Waals surface area contributed by atoms with Crippen molar-refractivity contribution in [3.8, 4) is 11.3 Å². The van der Waals surface area contributed by atoms with Gasteiger partial charge in [-0.3, -0.25) is 4.98 Å². The summed E-state index contributed by atoms with van der Waals surface area (Å²) >= 11 is 0. The number of piperidine rings is 1. The molecule has 0 aromatic carbocycles. The number of anilines is 1. The molecule has 2 N–H and O–H groups in total. The molecule has 3 heterocycles. The van der Waals surface area contributed by atoms with Gasteiger partial charge >= 0.3 is 0 Å². The van der Waals surface area contributed by atoms with Crippen LogP contribution >= 0.6 is 0 Å². The summed E-state index contributed by atoms with van der Waals surface area (Å²) in [6.45, 7) is 2.69. The molecule has 0 bridgehead atoms. The van der Waals surface area contributed by atoms with E-state index in [1.54, 1.807) is 6.20 Å². The number of pyridine rings is 1. The first-order valence-electron chi connectivity index (χ1n) is 7.05. The Kier molecular flexibility index (Phi) is 3.87. The molecule has 1 atom stereocenters. The van der Waals surface area contributed by atoms with Gasteiger partial charge in [0.05, 0.1) is 5.69 Å². The van der Waals surface area contributed by atoms with Crippen LogP contribution in [0.3, 0.4) is 0 Å². The summed E-state index contributed by atoms with van der Waals surface area (Å²) in [6, 6.07) is 5.85. The summed E-state index contributed by atoms with van der Waals surface area (Å²) in [5, 5.41) is 0. The minimum atomic E-state index is 0.550. The van der Waals surface area contributed by atoms with Crippen LogP contribution in [0.1, 0.15) is 12.8 Å². The lowest BCUT2D eigenvalue weighted by molar-refractivity contribution is 0.419. The number of hydrogen-bond donors (Lipinski definition) is 1. The number of hydrogen-bond acceptors (Lipinski definition) is 5. The van der Waals surface area contributed by atoms with E-state index in [1.165, 1.54) is 6.42 Å². The van der Waals surface area contributed by atoms with Crippen LogP contribution in [0.15, 0.2) is 36.8 Å². The summed E-state index contributed by atoms with van der Waals surface area (Å²) in [7, 11) is 0. The van der Waals surface area contributed by atoms with E-state index >= 15 is 0 Å². The maximum absolute atomic E-state index is 5.79. The van der Waals surface area contributed by atoms with Crippen LogP contribution in [-0.2, 0) is 0 Å². The quantitative estimate of drug-likeness (QED) is 0.918. The van der Waals surface area contributed by atoms with Crippen molar-refractivity contribution in [2.45, 2.75) is 12.8 Å². The molecule has 0 spiro atoms. The highest BCUT2D eigenvalue weighted by molar-refractivity contribution is 5.58. The van der Waals surface area contributed by atoms with E-state index in [2.05, 4.69) is 19.9 Å². The summed E-state index contributed by atoms with van der Waals surface area (Å²) < 4.78 is 0. The van der Waals surface area contributed by atoms with Crippen LogP contribution in [-0.4, -0.2) is 34.6 Å². The van der Waals surface area contributed by atoms with E-state index in [9.17, 15) is 0 Å². The number of rotatable bonds is 3. The van der Waals surface area contributed by atoms with Gasteiger partial charge in [-0.25, -0.2) is 9.97 Å². The Labute approximate surface area is 118 Å². The summed E-state index contributed by atoms with van der Waals surface area (Å²) in [4.78, 5) is 15.5. The molecule has 5 nitrogen and oxygen atoms in total. The Morgan fingerprint density at radius 3 is 3.05 bits per heavy atom. The Balaban J connectivity index is 1.84. The number of aromatic nitrogens is 3. The average molecular weight is 269 g/mol. The highest BCUT2D eigenvalue weighted by Crippen LogP contribution is 2.22. The molecule has 1 aliphatic heterocycles. The molecule has 0 amide bonds. The van der Waals surface area contributed by atoms with Crippen molar-refractivity contribution in [3.63, 3.8) is 0 Å². The van der Waals surface area contributed by atoms with Gasteiger partial charge in [-0.1, -0.05) is 0 Å². The summed E-state index contributed by atoms with van der Waals surface area (Å²) in [5.41, 5.74) is 7.72. The highest BCUT2D eigenvalue weighted by Gasteiger charge is 2.20. The smallest absolute Gasteiger partial charge is 0.225 e.